The van der Waals surface area contributed by atoms with E-state index in [2.05, 4.69) is 4.90 Å². The molecule has 0 aromatic heterocycles. The Morgan fingerprint density at radius 3 is 2.18 bits per heavy atom. The van der Waals surface area contributed by atoms with Crippen LogP contribution in [0.2, 0.25) is 0 Å². The zero-order chi connectivity index (χ0) is 27.7. The van der Waals surface area contributed by atoms with Crippen LogP contribution < -0.4 is 5.73 Å². The molecule has 2 N–H and O–H groups in total. The number of carbonyl (C=O) groups is 2. The van der Waals surface area contributed by atoms with E-state index in [-0.39, 0.29) is 31.1 Å². The normalized spacial score (nSPS) is 21.8. The number of primary amides is 1. The van der Waals surface area contributed by atoms with E-state index in [0.29, 0.717) is 17.7 Å². The predicted octanol–water partition coefficient (Wildman–Crippen LogP) is 3.59. The Labute approximate surface area is 220 Å². The van der Waals surface area contributed by atoms with Crippen molar-refractivity contribution in [2.45, 2.75) is 56.4 Å². The first-order valence-electron chi connectivity index (χ1n) is 12.6. The van der Waals surface area contributed by atoms with Crippen LogP contribution in [0.1, 0.15) is 58.6 Å². The third-order valence-corrected chi connectivity index (χ3v) is 8.34. The number of piperidine rings is 1. The molecule has 2 saturated heterocycles. The van der Waals surface area contributed by atoms with Crippen LogP contribution >= 0.6 is 0 Å². The number of benzene rings is 2. The average Bonchev–Trinajstić information content (AvgIpc) is 3.06. The van der Waals surface area contributed by atoms with Gasteiger partial charge in [0.05, 0.1) is 5.56 Å². The predicted molar refractivity (Wildman–Crippen MR) is 137 cm³/mol. The van der Waals surface area contributed by atoms with E-state index < -0.39 is 39.1 Å². The molecule has 206 valence electrons. The summed E-state index contributed by atoms with van der Waals surface area (Å²) in [5.41, 5.74) is 6.80. The number of carbonyl (C=O) groups excluding carboxylic acids is 2. The second-order valence-corrected chi connectivity index (χ2v) is 12.5. The number of nitrogens with zero attached hydrogens (tertiary/aromatic N) is 2. The summed E-state index contributed by atoms with van der Waals surface area (Å²) in [6.07, 6.45) is 0.171. The Morgan fingerprint density at radius 2 is 1.63 bits per heavy atom. The minimum absolute atomic E-state index is 0.0181. The highest BCUT2D eigenvalue weighted by Gasteiger charge is 2.41. The SMILES string of the molecule is CS(=O)(=O)CC(=O)N(CCN1C2CCC1CC(c1ccccc1C(N)=O)C2)Cc1ccc(C(F)(F)F)cc1. The maximum atomic E-state index is 12.9. The third kappa shape index (κ3) is 6.74. The van der Waals surface area contributed by atoms with Crippen molar-refractivity contribution >= 4 is 21.7 Å². The molecular formula is C27H32F3N3O4S. The summed E-state index contributed by atoms with van der Waals surface area (Å²) in [6, 6.07) is 12.5. The summed E-state index contributed by atoms with van der Waals surface area (Å²) in [7, 11) is -3.58. The Bertz CT molecular complexity index is 1270. The van der Waals surface area contributed by atoms with Crippen LogP contribution in [0.25, 0.3) is 0 Å². The van der Waals surface area contributed by atoms with Crippen LogP contribution in [-0.2, 0) is 27.4 Å². The molecule has 2 unspecified atom stereocenters. The first-order valence-corrected chi connectivity index (χ1v) is 14.6. The van der Waals surface area contributed by atoms with E-state index in [1.54, 1.807) is 12.1 Å². The molecule has 2 aliphatic heterocycles. The summed E-state index contributed by atoms with van der Waals surface area (Å²) >= 11 is 0. The number of alkyl halides is 3. The Balaban J connectivity index is 1.46. The Morgan fingerprint density at radius 1 is 1.03 bits per heavy atom. The number of hydrogen-bond donors (Lipinski definition) is 1. The lowest BCUT2D eigenvalue weighted by Crippen LogP contribution is -2.47. The lowest BCUT2D eigenvalue weighted by atomic mass is 9.82. The number of amides is 2. The molecule has 7 nitrogen and oxygen atoms in total. The molecule has 2 aliphatic rings. The summed E-state index contributed by atoms with van der Waals surface area (Å²) in [5, 5.41) is 0. The van der Waals surface area contributed by atoms with Gasteiger partial charge < -0.3 is 10.6 Å². The second-order valence-electron chi connectivity index (χ2n) is 10.3. The van der Waals surface area contributed by atoms with Crippen LogP contribution in [0.5, 0.6) is 0 Å². The van der Waals surface area contributed by atoms with Crippen molar-refractivity contribution in [3.05, 3.63) is 70.8 Å². The number of rotatable bonds is 9. The molecule has 2 aromatic rings. The van der Waals surface area contributed by atoms with Crippen molar-refractivity contribution in [3.63, 3.8) is 0 Å². The van der Waals surface area contributed by atoms with Crippen molar-refractivity contribution < 1.29 is 31.2 Å². The summed E-state index contributed by atoms with van der Waals surface area (Å²) in [6.45, 7) is 0.796. The van der Waals surface area contributed by atoms with Crippen molar-refractivity contribution in [2.24, 2.45) is 5.73 Å². The number of sulfone groups is 1. The number of halogens is 3. The molecule has 11 heteroatoms. The molecule has 0 spiro atoms. The number of fused-ring (bicyclic) bond motifs is 2. The Hall–Kier alpha value is -2.92. The largest absolute Gasteiger partial charge is 0.416 e. The third-order valence-electron chi connectivity index (χ3n) is 7.57. The van der Waals surface area contributed by atoms with Gasteiger partial charge in [0.1, 0.15) is 5.75 Å². The van der Waals surface area contributed by atoms with Gasteiger partial charge in [0.2, 0.25) is 11.8 Å². The quantitative estimate of drug-likeness (QED) is 0.514. The molecule has 38 heavy (non-hydrogen) atoms. The molecule has 0 radical (unpaired) electrons. The topological polar surface area (TPSA) is 101 Å². The summed E-state index contributed by atoms with van der Waals surface area (Å²) in [5.74, 6) is -1.49. The van der Waals surface area contributed by atoms with Crippen molar-refractivity contribution in [3.8, 4) is 0 Å². The van der Waals surface area contributed by atoms with E-state index in [4.69, 9.17) is 5.73 Å². The molecule has 2 aromatic carbocycles. The van der Waals surface area contributed by atoms with Gasteiger partial charge in [0.25, 0.3) is 0 Å². The second kappa shape index (κ2) is 11.1. The molecule has 0 aliphatic carbocycles. The standard InChI is InChI=1S/C27H32F3N3O4S/c1-38(36,37)17-25(34)32(16-18-6-8-20(9-7-18)27(28,29)30)12-13-33-21-10-11-22(33)15-19(14-21)23-4-2-3-5-24(23)26(31)35/h2-9,19,21-22H,10-17H2,1H3,(H2,31,35). The van der Waals surface area contributed by atoms with Crippen LogP contribution in [0, 0.1) is 0 Å². The highest BCUT2D eigenvalue weighted by molar-refractivity contribution is 7.91. The van der Waals surface area contributed by atoms with Gasteiger partial charge in [-0.2, -0.15) is 13.2 Å². The van der Waals surface area contributed by atoms with Gasteiger partial charge in [0, 0.05) is 43.5 Å². The van der Waals surface area contributed by atoms with Crippen molar-refractivity contribution in [1.29, 1.82) is 0 Å². The lowest BCUT2D eigenvalue weighted by Gasteiger charge is -2.40. The van der Waals surface area contributed by atoms with E-state index >= 15 is 0 Å². The molecular weight excluding hydrogens is 519 g/mol. The van der Waals surface area contributed by atoms with Crippen molar-refractivity contribution in [1.82, 2.24) is 9.80 Å². The van der Waals surface area contributed by atoms with Gasteiger partial charge in [-0.3, -0.25) is 14.5 Å². The average molecular weight is 552 g/mol. The van der Waals surface area contributed by atoms with Gasteiger partial charge in [-0.25, -0.2) is 8.42 Å². The highest BCUT2D eigenvalue weighted by Crippen LogP contribution is 2.43. The fourth-order valence-corrected chi connectivity index (χ4v) is 6.46. The molecule has 2 atom stereocenters. The minimum atomic E-state index is -4.46. The van der Waals surface area contributed by atoms with Gasteiger partial charge in [0.15, 0.2) is 9.84 Å². The monoisotopic (exact) mass is 551 g/mol. The van der Waals surface area contributed by atoms with Gasteiger partial charge in [-0.05, 0) is 60.9 Å². The van der Waals surface area contributed by atoms with Crippen LogP contribution in [0.15, 0.2) is 48.5 Å². The van der Waals surface area contributed by atoms with Crippen molar-refractivity contribution in [2.75, 3.05) is 25.1 Å². The zero-order valence-electron chi connectivity index (χ0n) is 21.2. The van der Waals surface area contributed by atoms with Gasteiger partial charge in [-0.1, -0.05) is 30.3 Å². The maximum Gasteiger partial charge on any atom is 0.416 e. The summed E-state index contributed by atoms with van der Waals surface area (Å²) < 4.78 is 62.4. The molecule has 2 bridgehead atoms. The number of hydrogen-bond acceptors (Lipinski definition) is 5. The fraction of sp³-hybridized carbons (Fsp3) is 0.481. The number of nitrogens with two attached hydrogens (primary N) is 1. The lowest BCUT2D eigenvalue weighted by molar-refractivity contribution is -0.137. The fourth-order valence-electron chi connectivity index (χ4n) is 5.83. The van der Waals surface area contributed by atoms with E-state index in [9.17, 15) is 31.2 Å². The zero-order valence-corrected chi connectivity index (χ0v) is 22.0. The van der Waals surface area contributed by atoms with Crippen LogP contribution in [0.3, 0.4) is 0 Å². The molecule has 0 saturated carbocycles. The first kappa shape index (κ1) is 28.1. The van der Waals surface area contributed by atoms with Gasteiger partial charge in [-0.15, -0.1) is 0 Å². The van der Waals surface area contributed by atoms with E-state index in [0.717, 1.165) is 49.6 Å². The Kier molecular flexibility index (Phi) is 8.17. The molecule has 4 rings (SSSR count). The van der Waals surface area contributed by atoms with Gasteiger partial charge >= 0.3 is 6.18 Å². The van der Waals surface area contributed by atoms with Crippen LogP contribution in [-0.4, -0.2) is 67.2 Å². The summed E-state index contributed by atoms with van der Waals surface area (Å²) in [4.78, 5) is 28.6. The van der Waals surface area contributed by atoms with Crippen LogP contribution in [0.4, 0.5) is 13.2 Å². The van der Waals surface area contributed by atoms with E-state index in [1.807, 2.05) is 12.1 Å². The first-order chi connectivity index (χ1) is 17.8. The molecule has 2 amide bonds. The molecule has 2 fully saturated rings. The minimum Gasteiger partial charge on any atom is -0.366 e. The van der Waals surface area contributed by atoms with E-state index in [1.165, 1.54) is 17.0 Å². The maximum absolute atomic E-state index is 12.9. The molecule has 2 heterocycles. The highest BCUT2D eigenvalue weighted by atomic mass is 32.2. The smallest absolute Gasteiger partial charge is 0.366 e.